The lowest BCUT2D eigenvalue weighted by molar-refractivity contribution is 0.0950. The molecule has 0 aliphatic heterocycles. The first-order valence-corrected chi connectivity index (χ1v) is 9.63. The van der Waals surface area contributed by atoms with Crippen molar-refractivity contribution < 1.29 is 13.2 Å². The van der Waals surface area contributed by atoms with Crippen LogP contribution in [0.5, 0.6) is 0 Å². The van der Waals surface area contributed by atoms with Gasteiger partial charge in [-0.25, -0.2) is 8.42 Å². The highest BCUT2D eigenvalue weighted by Gasteiger charge is 2.21. The Bertz CT molecular complexity index is 829. The van der Waals surface area contributed by atoms with Crippen LogP contribution in [-0.2, 0) is 16.6 Å². The third-order valence-corrected chi connectivity index (χ3v) is 6.06. The van der Waals surface area contributed by atoms with Crippen molar-refractivity contribution in [1.29, 1.82) is 0 Å². The maximum Gasteiger partial charge on any atom is 0.251 e. The van der Waals surface area contributed by atoms with Crippen LogP contribution in [-0.4, -0.2) is 36.7 Å². The summed E-state index contributed by atoms with van der Waals surface area (Å²) >= 11 is 0. The van der Waals surface area contributed by atoms with Crippen molar-refractivity contribution in [2.45, 2.75) is 32.2 Å². The number of rotatable bonds is 7. The first-order valence-electron chi connectivity index (χ1n) is 8.19. The minimum atomic E-state index is -3.51. The first kappa shape index (κ1) is 19.1. The highest BCUT2D eigenvalue weighted by Crippen LogP contribution is 2.16. The molecule has 0 unspecified atom stereocenters. The van der Waals surface area contributed by atoms with E-state index in [0.717, 1.165) is 11.3 Å². The minimum absolute atomic E-state index is 0.188. The van der Waals surface area contributed by atoms with Crippen LogP contribution in [0.15, 0.2) is 47.5 Å². The van der Waals surface area contributed by atoms with Crippen molar-refractivity contribution in [2.75, 3.05) is 13.1 Å². The van der Waals surface area contributed by atoms with Gasteiger partial charge >= 0.3 is 0 Å². The summed E-state index contributed by atoms with van der Waals surface area (Å²) in [7, 11) is -3.51. The molecule has 1 N–H and O–H groups in total. The van der Waals surface area contributed by atoms with Crippen LogP contribution in [0.1, 0.15) is 35.5 Å². The van der Waals surface area contributed by atoms with E-state index in [-0.39, 0.29) is 10.8 Å². The zero-order valence-corrected chi connectivity index (χ0v) is 15.5. The highest BCUT2D eigenvalue weighted by molar-refractivity contribution is 7.89. The molecule has 0 fully saturated rings. The molecule has 0 saturated carbocycles. The van der Waals surface area contributed by atoms with Gasteiger partial charge in [-0.15, -0.1) is 0 Å². The molecular formula is C18H23N3O3S. The summed E-state index contributed by atoms with van der Waals surface area (Å²) in [6, 6.07) is 9.76. The molecule has 2 rings (SSSR count). The zero-order valence-electron chi connectivity index (χ0n) is 14.7. The number of pyridine rings is 1. The number of carbonyl (C=O) groups excluding carboxylic acids is 1. The van der Waals surface area contributed by atoms with Crippen molar-refractivity contribution in [3.8, 4) is 0 Å². The van der Waals surface area contributed by atoms with E-state index in [1.165, 1.54) is 28.6 Å². The van der Waals surface area contributed by atoms with Gasteiger partial charge < -0.3 is 5.32 Å². The summed E-state index contributed by atoms with van der Waals surface area (Å²) in [5, 5.41) is 2.80. The largest absolute Gasteiger partial charge is 0.346 e. The predicted molar refractivity (Wildman–Crippen MR) is 96.7 cm³/mol. The van der Waals surface area contributed by atoms with Gasteiger partial charge in [0.2, 0.25) is 10.0 Å². The number of aromatic nitrogens is 1. The minimum Gasteiger partial charge on any atom is -0.346 e. The van der Waals surface area contributed by atoms with Crippen molar-refractivity contribution >= 4 is 15.9 Å². The van der Waals surface area contributed by atoms with Gasteiger partial charge in [-0.05, 0) is 42.8 Å². The monoisotopic (exact) mass is 361 g/mol. The Morgan fingerprint density at radius 1 is 1.12 bits per heavy atom. The standard InChI is InChI=1S/C18H23N3O3S/c1-4-21(5-2)25(23,24)16-10-8-15(9-11-16)18(22)20-13-17-14(3)7-6-12-19-17/h6-12H,4-5,13H2,1-3H3,(H,20,22). The van der Waals surface area contributed by atoms with Crippen LogP contribution < -0.4 is 5.32 Å². The van der Waals surface area contributed by atoms with Crippen LogP contribution in [0.25, 0.3) is 0 Å². The molecule has 1 aromatic carbocycles. The van der Waals surface area contributed by atoms with Gasteiger partial charge in [0, 0.05) is 24.8 Å². The Morgan fingerprint density at radius 3 is 2.32 bits per heavy atom. The number of benzene rings is 1. The molecule has 0 atom stereocenters. The van der Waals surface area contributed by atoms with Crippen molar-refractivity contribution in [3.05, 3.63) is 59.4 Å². The average Bonchev–Trinajstić information content (AvgIpc) is 2.61. The molecule has 1 heterocycles. The van der Waals surface area contributed by atoms with E-state index in [0.29, 0.717) is 25.2 Å². The van der Waals surface area contributed by atoms with Gasteiger partial charge in [0.1, 0.15) is 0 Å². The molecule has 134 valence electrons. The second-order valence-corrected chi connectivity index (χ2v) is 7.50. The topological polar surface area (TPSA) is 79.4 Å². The fourth-order valence-corrected chi connectivity index (χ4v) is 3.92. The second kappa shape index (κ2) is 8.22. The van der Waals surface area contributed by atoms with Gasteiger partial charge in [0.25, 0.3) is 5.91 Å². The molecule has 1 aromatic heterocycles. The average molecular weight is 361 g/mol. The molecule has 1 amide bonds. The Kier molecular flexibility index (Phi) is 6.27. The summed E-state index contributed by atoms with van der Waals surface area (Å²) in [6.07, 6.45) is 1.68. The van der Waals surface area contributed by atoms with Crippen molar-refractivity contribution in [3.63, 3.8) is 0 Å². The highest BCUT2D eigenvalue weighted by atomic mass is 32.2. The summed E-state index contributed by atoms with van der Waals surface area (Å²) < 4.78 is 26.3. The van der Waals surface area contributed by atoms with E-state index >= 15 is 0 Å². The summed E-state index contributed by atoms with van der Waals surface area (Å²) in [6.45, 7) is 6.66. The van der Waals surface area contributed by atoms with Crippen LogP contribution in [0, 0.1) is 6.92 Å². The molecule has 6 nitrogen and oxygen atoms in total. The number of nitrogens with one attached hydrogen (secondary N) is 1. The number of hydrogen-bond acceptors (Lipinski definition) is 4. The molecule has 0 aliphatic rings. The third-order valence-electron chi connectivity index (χ3n) is 3.99. The lowest BCUT2D eigenvalue weighted by atomic mass is 10.2. The van der Waals surface area contributed by atoms with E-state index in [1.54, 1.807) is 20.0 Å². The van der Waals surface area contributed by atoms with E-state index < -0.39 is 10.0 Å². The smallest absolute Gasteiger partial charge is 0.251 e. The summed E-state index contributed by atoms with van der Waals surface area (Å²) in [4.78, 5) is 16.7. The Hall–Kier alpha value is -2.25. The molecule has 0 bridgehead atoms. The van der Waals surface area contributed by atoms with Crippen LogP contribution >= 0.6 is 0 Å². The molecule has 25 heavy (non-hydrogen) atoms. The Labute approximate surface area is 148 Å². The zero-order chi connectivity index (χ0) is 18.4. The third kappa shape index (κ3) is 4.43. The second-order valence-electron chi connectivity index (χ2n) is 5.56. The van der Waals surface area contributed by atoms with Gasteiger partial charge in [-0.2, -0.15) is 4.31 Å². The van der Waals surface area contributed by atoms with E-state index in [4.69, 9.17) is 0 Å². The van der Waals surface area contributed by atoms with Crippen molar-refractivity contribution in [1.82, 2.24) is 14.6 Å². The SMILES string of the molecule is CCN(CC)S(=O)(=O)c1ccc(C(=O)NCc2ncccc2C)cc1. The fraction of sp³-hybridized carbons (Fsp3) is 0.333. The molecule has 0 radical (unpaired) electrons. The van der Waals surface area contributed by atoms with Gasteiger partial charge in [0.05, 0.1) is 17.1 Å². The summed E-state index contributed by atoms with van der Waals surface area (Å²) in [5.74, 6) is -0.267. The first-order chi connectivity index (χ1) is 11.9. The molecule has 0 spiro atoms. The molecule has 7 heteroatoms. The van der Waals surface area contributed by atoms with Gasteiger partial charge in [-0.3, -0.25) is 9.78 Å². The molecular weight excluding hydrogens is 338 g/mol. The molecule has 2 aromatic rings. The van der Waals surface area contributed by atoms with E-state index in [9.17, 15) is 13.2 Å². The van der Waals surface area contributed by atoms with Crippen LogP contribution in [0.2, 0.25) is 0 Å². The van der Waals surface area contributed by atoms with E-state index in [2.05, 4.69) is 10.3 Å². The maximum atomic E-state index is 12.4. The fourth-order valence-electron chi connectivity index (χ4n) is 2.46. The van der Waals surface area contributed by atoms with Gasteiger partial charge in [0.15, 0.2) is 0 Å². The Morgan fingerprint density at radius 2 is 1.76 bits per heavy atom. The molecule has 0 aliphatic carbocycles. The van der Waals surface area contributed by atoms with Crippen LogP contribution in [0.3, 0.4) is 0 Å². The number of amides is 1. The maximum absolute atomic E-state index is 12.4. The van der Waals surface area contributed by atoms with E-state index in [1.807, 2.05) is 19.1 Å². The number of sulfonamides is 1. The number of aryl methyl sites for hydroxylation is 1. The summed E-state index contributed by atoms with van der Waals surface area (Å²) in [5.41, 5.74) is 2.21. The quantitative estimate of drug-likeness (QED) is 0.821. The van der Waals surface area contributed by atoms with Crippen molar-refractivity contribution in [2.24, 2.45) is 0 Å². The lowest BCUT2D eigenvalue weighted by Gasteiger charge is -2.18. The number of carbonyl (C=O) groups is 1. The van der Waals surface area contributed by atoms with Crippen LogP contribution in [0.4, 0.5) is 0 Å². The lowest BCUT2D eigenvalue weighted by Crippen LogP contribution is -2.30. The Balaban J connectivity index is 2.09. The normalized spacial score (nSPS) is 11.5. The van der Waals surface area contributed by atoms with Gasteiger partial charge in [-0.1, -0.05) is 19.9 Å². The number of nitrogens with zero attached hydrogens (tertiary/aromatic N) is 2. The number of hydrogen-bond donors (Lipinski definition) is 1. The molecule has 0 saturated heterocycles. The predicted octanol–water partition coefficient (Wildman–Crippen LogP) is 2.35.